The van der Waals surface area contributed by atoms with E-state index in [2.05, 4.69) is 22.0 Å². The summed E-state index contributed by atoms with van der Waals surface area (Å²) in [5, 5.41) is 0. The topological polar surface area (TPSA) is 58.6 Å². The van der Waals surface area contributed by atoms with Crippen LogP contribution in [0.2, 0.25) is 0 Å². The average molecular weight is 380 g/mol. The molecule has 28 heavy (non-hydrogen) atoms. The summed E-state index contributed by atoms with van der Waals surface area (Å²) in [6.07, 6.45) is 5.03. The van der Waals surface area contributed by atoms with E-state index in [1.54, 1.807) is 14.0 Å². The summed E-state index contributed by atoms with van der Waals surface area (Å²) in [7, 11) is 1.70. The molecule has 1 saturated heterocycles. The lowest BCUT2D eigenvalue weighted by Gasteiger charge is -2.32. The van der Waals surface area contributed by atoms with Gasteiger partial charge in [-0.25, -0.2) is 9.97 Å². The summed E-state index contributed by atoms with van der Waals surface area (Å²) in [5.41, 5.74) is 3.65. The number of carbonyl (C=O) groups is 1. The predicted molar refractivity (Wildman–Crippen MR) is 107 cm³/mol. The number of amides is 1. The number of ether oxygens (including phenoxy) is 1. The Morgan fingerprint density at radius 2 is 2.21 bits per heavy atom. The molecule has 3 heterocycles. The fourth-order valence-corrected chi connectivity index (χ4v) is 4.22. The predicted octanol–water partition coefficient (Wildman–Crippen LogP) is 2.77. The number of methoxy groups -OCH3 is 1. The van der Waals surface area contributed by atoms with Crippen molar-refractivity contribution in [2.24, 2.45) is 0 Å². The summed E-state index contributed by atoms with van der Waals surface area (Å²) in [6, 6.07) is 8.25. The minimum absolute atomic E-state index is 0.149. The Labute approximate surface area is 166 Å². The van der Waals surface area contributed by atoms with E-state index >= 15 is 0 Å². The summed E-state index contributed by atoms with van der Waals surface area (Å²) in [6.45, 7) is 6.01. The molecule has 1 atom stereocenters. The zero-order valence-corrected chi connectivity index (χ0v) is 16.7. The van der Waals surface area contributed by atoms with E-state index in [1.165, 1.54) is 16.8 Å². The van der Waals surface area contributed by atoms with Crippen molar-refractivity contribution < 1.29 is 9.53 Å². The van der Waals surface area contributed by atoms with Crippen molar-refractivity contribution in [2.45, 2.75) is 45.2 Å². The van der Waals surface area contributed by atoms with Crippen LogP contribution >= 0.6 is 0 Å². The second-order valence-corrected chi connectivity index (χ2v) is 7.82. The van der Waals surface area contributed by atoms with Crippen molar-refractivity contribution in [2.75, 3.05) is 26.7 Å². The first-order chi connectivity index (χ1) is 13.6. The van der Waals surface area contributed by atoms with Crippen LogP contribution in [0.15, 0.2) is 30.5 Å². The molecule has 1 aromatic carbocycles. The fourth-order valence-electron chi connectivity index (χ4n) is 4.22. The Hall–Kier alpha value is -2.47. The van der Waals surface area contributed by atoms with Gasteiger partial charge in [-0.2, -0.15) is 0 Å². The summed E-state index contributed by atoms with van der Waals surface area (Å²) < 4.78 is 5.33. The average Bonchev–Trinajstić information content (AvgIpc) is 2.73. The molecular formula is C22H28N4O2. The van der Waals surface area contributed by atoms with Crippen molar-refractivity contribution in [1.82, 2.24) is 19.8 Å². The Morgan fingerprint density at radius 1 is 1.32 bits per heavy atom. The largest absolute Gasteiger partial charge is 0.497 e. The number of piperidine rings is 1. The second-order valence-electron chi connectivity index (χ2n) is 7.82. The van der Waals surface area contributed by atoms with Crippen molar-refractivity contribution in [3.63, 3.8) is 0 Å². The normalized spacial score (nSPS) is 19.9. The monoisotopic (exact) mass is 380 g/mol. The zero-order chi connectivity index (χ0) is 19.5. The highest BCUT2D eigenvalue weighted by molar-refractivity contribution is 5.73. The molecule has 2 aliphatic heterocycles. The van der Waals surface area contributed by atoms with Gasteiger partial charge in [0.1, 0.15) is 11.6 Å². The maximum Gasteiger partial charge on any atom is 0.219 e. The van der Waals surface area contributed by atoms with Gasteiger partial charge in [0.15, 0.2) is 0 Å². The van der Waals surface area contributed by atoms with Crippen LogP contribution in [-0.2, 0) is 24.3 Å². The second kappa shape index (κ2) is 8.27. The Morgan fingerprint density at radius 3 is 3.04 bits per heavy atom. The lowest BCUT2D eigenvalue weighted by Crippen LogP contribution is -2.38. The smallest absolute Gasteiger partial charge is 0.219 e. The molecule has 148 valence electrons. The Balaban J connectivity index is 1.43. The number of likely N-dealkylation sites (tertiary alicyclic amines) is 1. The van der Waals surface area contributed by atoms with Crippen LogP contribution < -0.4 is 4.74 Å². The highest BCUT2D eigenvalue weighted by Crippen LogP contribution is 2.27. The molecule has 0 unspecified atom stereocenters. The van der Waals surface area contributed by atoms with Gasteiger partial charge in [0, 0.05) is 69.4 Å². The SMILES string of the molecule is COc1cccc(CN2CCc3nc([C@@H]4CCCN(C(C)=O)C4)ncc3C2)c1. The number of nitrogens with zero attached hydrogens (tertiary/aromatic N) is 4. The molecule has 2 aromatic rings. The number of carbonyl (C=O) groups excluding carboxylic acids is 1. The van der Waals surface area contributed by atoms with Crippen LogP contribution in [0.5, 0.6) is 5.75 Å². The van der Waals surface area contributed by atoms with Gasteiger partial charge in [-0.05, 0) is 30.5 Å². The molecule has 1 fully saturated rings. The molecule has 1 aromatic heterocycles. The highest BCUT2D eigenvalue weighted by atomic mass is 16.5. The number of benzene rings is 1. The number of fused-ring (bicyclic) bond motifs is 1. The first kappa shape index (κ1) is 18.9. The van der Waals surface area contributed by atoms with Gasteiger partial charge in [-0.15, -0.1) is 0 Å². The molecule has 0 radical (unpaired) electrons. The van der Waals surface area contributed by atoms with Crippen LogP contribution in [0, 0.1) is 0 Å². The quantitative estimate of drug-likeness (QED) is 0.816. The number of rotatable bonds is 4. The van der Waals surface area contributed by atoms with Crippen LogP contribution in [0.25, 0.3) is 0 Å². The molecule has 4 rings (SSSR count). The van der Waals surface area contributed by atoms with Crippen LogP contribution in [0.3, 0.4) is 0 Å². The van der Waals surface area contributed by atoms with Crippen molar-refractivity contribution >= 4 is 5.91 Å². The van der Waals surface area contributed by atoms with Crippen molar-refractivity contribution in [1.29, 1.82) is 0 Å². The number of hydrogen-bond donors (Lipinski definition) is 0. The maximum atomic E-state index is 11.7. The summed E-state index contributed by atoms with van der Waals surface area (Å²) >= 11 is 0. The molecule has 0 bridgehead atoms. The van der Waals surface area contributed by atoms with Crippen molar-refractivity contribution in [3.8, 4) is 5.75 Å². The first-order valence-electron chi connectivity index (χ1n) is 10.1. The van der Waals surface area contributed by atoms with E-state index < -0.39 is 0 Å². The summed E-state index contributed by atoms with van der Waals surface area (Å²) in [5.74, 6) is 2.22. The van der Waals surface area contributed by atoms with Gasteiger partial charge >= 0.3 is 0 Å². The lowest BCUT2D eigenvalue weighted by molar-refractivity contribution is -0.130. The first-order valence-corrected chi connectivity index (χ1v) is 10.1. The summed E-state index contributed by atoms with van der Waals surface area (Å²) in [4.78, 5) is 25.6. The standard InChI is InChI=1S/C22H28N4O2/c1-16(27)26-9-4-6-18(15-26)22-23-12-19-14-25(10-8-21(19)24-22)13-17-5-3-7-20(11-17)28-2/h3,5,7,11-12,18H,4,6,8-10,13-15H2,1-2H3/t18-/m1/s1. The van der Waals surface area contributed by atoms with Crippen LogP contribution in [0.1, 0.15) is 48.3 Å². The third-order valence-corrected chi connectivity index (χ3v) is 5.80. The molecule has 6 heteroatoms. The Kier molecular flexibility index (Phi) is 5.57. The number of hydrogen-bond acceptors (Lipinski definition) is 5. The fraction of sp³-hybridized carbons (Fsp3) is 0.500. The third-order valence-electron chi connectivity index (χ3n) is 5.80. The number of aromatic nitrogens is 2. The molecule has 0 saturated carbocycles. The van der Waals surface area contributed by atoms with Crippen molar-refractivity contribution in [3.05, 3.63) is 53.1 Å². The van der Waals surface area contributed by atoms with Gasteiger partial charge in [0.2, 0.25) is 5.91 Å². The van der Waals surface area contributed by atoms with E-state index in [0.717, 1.165) is 63.6 Å². The highest BCUT2D eigenvalue weighted by Gasteiger charge is 2.26. The van der Waals surface area contributed by atoms with Crippen LogP contribution in [0.4, 0.5) is 0 Å². The van der Waals surface area contributed by atoms with Gasteiger partial charge in [-0.1, -0.05) is 12.1 Å². The molecule has 0 aliphatic carbocycles. The molecular weight excluding hydrogens is 352 g/mol. The van der Waals surface area contributed by atoms with E-state index in [9.17, 15) is 4.79 Å². The van der Waals surface area contributed by atoms with Gasteiger partial charge < -0.3 is 9.64 Å². The van der Waals surface area contributed by atoms with Gasteiger partial charge in [-0.3, -0.25) is 9.69 Å². The van der Waals surface area contributed by atoms with Gasteiger partial charge in [0.05, 0.1) is 7.11 Å². The molecule has 6 nitrogen and oxygen atoms in total. The van der Waals surface area contributed by atoms with E-state index in [1.807, 2.05) is 23.2 Å². The van der Waals surface area contributed by atoms with Gasteiger partial charge in [0.25, 0.3) is 0 Å². The van der Waals surface area contributed by atoms with Crippen LogP contribution in [-0.4, -0.2) is 52.4 Å². The van der Waals surface area contributed by atoms with E-state index in [0.29, 0.717) is 0 Å². The molecule has 0 spiro atoms. The lowest BCUT2D eigenvalue weighted by atomic mass is 9.96. The molecule has 2 aliphatic rings. The minimum Gasteiger partial charge on any atom is -0.497 e. The maximum absolute atomic E-state index is 11.7. The molecule has 0 N–H and O–H groups in total. The zero-order valence-electron chi connectivity index (χ0n) is 16.7. The minimum atomic E-state index is 0.149. The van der Waals surface area contributed by atoms with E-state index in [4.69, 9.17) is 9.72 Å². The van der Waals surface area contributed by atoms with E-state index in [-0.39, 0.29) is 11.8 Å². The Bertz CT molecular complexity index is 854. The third kappa shape index (κ3) is 4.17. The molecule has 1 amide bonds.